The molecule has 2 rings (SSSR count). The maximum atomic E-state index is 9.36. The topological polar surface area (TPSA) is 32.3 Å². The van der Waals surface area contributed by atoms with Gasteiger partial charge in [0.25, 0.3) is 0 Å². The van der Waals surface area contributed by atoms with Gasteiger partial charge in [-0.05, 0) is 24.1 Å². The fraction of sp³-hybridized carbons (Fsp3) is 0. The number of fused-ring (bicyclic) bond motifs is 1. The molecule has 1 aliphatic heterocycles. The van der Waals surface area contributed by atoms with Crippen molar-refractivity contribution in [1.82, 2.24) is 0 Å². The van der Waals surface area contributed by atoms with Crippen LogP contribution in [0.15, 0.2) is 29.7 Å². The van der Waals surface area contributed by atoms with Crippen LogP contribution < -0.4 is 4.72 Å². The van der Waals surface area contributed by atoms with Crippen molar-refractivity contribution in [2.24, 2.45) is 0 Å². The number of aliphatic hydroxyl groups is 1. The van der Waals surface area contributed by atoms with Gasteiger partial charge >= 0.3 is 0 Å². The summed E-state index contributed by atoms with van der Waals surface area (Å²) >= 11 is 1.38. The van der Waals surface area contributed by atoms with E-state index in [0.29, 0.717) is 5.76 Å². The maximum Gasteiger partial charge on any atom is 0.132 e. The Morgan fingerprint density at radius 3 is 2.91 bits per heavy atom. The van der Waals surface area contributed by atoms with Crippen LogP contribution in [0.2, 0.25) is 0 Å². The van der Waals surface area contributed by atoms with Crippen LogP contribution in [0, 0.1) is 0 Å². The first-order valence-corrected chi connectivity index (χ1v) is 4.16. The molecule has 0 unspecified atom stereocenters. The van der Waals surface area contributed by atoms with E-state index in [1.807, 2.05) is 24.3 Å². The lowest BCUT2D eigenvalue weighted by Crippen LogP contribution is -1.96. The predicted octanol–water partition coefficient (Wildman–Crippen LogP) is 2.62. The van der Waals surface area contributed by atoms with Gasteiger partial charge in [0.05, 0.1) is 5.69 Å². The normalized spacial score (nSPS) is 14.7. The van der Waals surface area contributed by atoms with Crippen molar-refractivity contribution in [3.63, 3.8) is 0 Å². The quantitative estimate of drug-likeness (QED) is 0.579. The van der Waals surface area contributed by atoms with Gasteiger partial charge in [-0.25, -0.2) is 0 Å². The monoisotopic (exact) mass is 165 g/mol. The molecule has 0 aromatic heterocycles. The molecule has 0 aliphatic carbocycles. The van der Waals surface area contributed by atoms with Crippen molar-refractivity contribution in [2.45, 2.75) is 0 Å². The van der Waals surface area contributed by atoms with Gasteiger partial charge in [0, 0.05) is 11.0 Å². The zero-order chi connectivity index (χ0) is 7.68. The molecule has 0 saturated heterocycles. The number of hydrogen-bond donors (Lipinski definition) is 2. The van der Waals surface area contributed by atoms with Crippen molar-refractivity contribution >= 4 is 23.4 Å². The molecule has 0 saturated carbocycles. The molecule has 1 aromatic rings. The maximum absolute atomic E-state index is 9.36. The summed E-state index contributed by atoms with van der Waals surface area (Å²) in [5.41, 5.74) is 1.84. The summed E-state index contributed by atoms with van der Waals surface area (Å²) < 4.78 is 3.07. The SMILES string of the molecule is OC1=CSNc2ccccc21. The van der Waals surface area contributed by atoms with E-state index < -0.39 is 0 Å². The van der Waals surface area contributed by atoms with Crippen LogP contribution in [0.25, 0.3) is 5.76 Å². The van der Waals surface area contributed by atoms with Crippen LogP contribution in [-0.4, -0.2) is 5.11 Å². The van der Waals surface area contributed by atoms with E-state index in [2.05, 4.69) is 4.72 Å². The van der Waals surface area contributed by atoms with Crippen molar-refractivity contribution in [2.75, 3.05) is 4.72 Å². The van der Waals surface area contributed by atoms with E-state index in [1.54, 1.807) is 5.41 Å². The number of benzene rings is 1. The summed E-state index contributed by atoms with van der Waals surface area (Å²) in [5.74, 6) is 0.337. The molecule has 1 aliphatic rings. The molecule has 0 atom stereocenters. The van der Waals surface area contributed by atoms with Crippen molar-refractivity contribution in [3.8, 4) is 0 Å². The first-order chi connectivity index (χ1) is 5.38. The molecule has 2 N–H and O–H groups in total. The molecular formula is C8H7NOS. The Morgan fingerprint density at radius 2 is 2.09 bits per heavy atom. The average molecular weight is 165 g/mol. The summed E-state index contributed by atoms with van der Waals surface area (Å²) in [6.45, 7) is 0. The molecule has 0 bridgehead atoms. The number of rotatable bonds is 0. The Balaban J connectivity index is 2.56. The smallest absolute Gasteiger partial charge is 0.132 e. The highest BCUT2D eigenvalue weighted by Crippen LogP contribution is 2.30. The van der Waals surface area contributed by atoms with E-state index in [1.165, 1.54) is 11.9 Å². The van der Waals surface area contributed by atoms with Crippen LogP contribution in [0.4, 0.5) is 5.69 Å². The first kappa shape index (κ1) is 6.61. The highest BCUT2D eigenvalue weighted by molar-refractivity contribution is 8.03. The minimum absolute atomic E-state index is 0.337. The third-order valence-electron chi connectivity index (χ3n) is 1.54. The Kier molecular flexibility index (Phi) is 1.51. The Bertz CT molecular complexity index is 309. The number of hydrogen-bond acceptors (Lipinski definition) is 3. The number of anilines is 1. The third kappa shape index (κ3) is 1.07. The molecular weight excluding hydrogens is 158 g/mol. The molecule has 2 nitrogen and oxygen atoms in total. The third-order valence-corrected chi connectivity index (χ3v) is 2.22. The van der Waals surface area contributed by atoms with Crippen LogP contribution in [-0.2, 0) is 0 Å². The largest absolute Gasteiger partial charge is 0.507 e. The fourth-order valence-electron chi connectivity index (χ4n) is 1.01. The number of para-hydroxylation sites is 1. The lowest BCUT2D eigenvalue weighted by molar-refractivity contribution is 0.513. The minimum Gasteiger partial charge on any atom is -0.507 e. The molecule has 1 aromatic carbocycles. The van der Waals surface area contributed by atoms with E-state index in [4.69, 9.17) is 0 Å². The Hall–Kier alpha value is -1.09. The van der Waals surface area contributed by atoms with Gasteiger partial charge in [0.1, 0.15) is 5.76 Å². The molecule has 0 spiro atoms. The number of nitrogens with one attached hydrogen (secondary N) is 1. The number of aliphatic hydroxyl groups excluding tert-OH is 1. The summed E-state index contributed by atoms with van der Waals surface area (Å²) in [5, 5.41) is 11.0. The highest BCUT2D eigenvalue weighted by Gasteiger charge is 2.09. The Labute approximate surface area is 69.1 Å². The first-order valence-electron chi connectivity index (χ1n) is 3.28. The van der Waals surface area contributed by atoms with Gasteiger partial charge in [0.2, 0.25) is 0 Å². The highest BCUT2D eigenvalue weighted by atomic mass is 32.2. The van der Waals surface area contributed by atoms with Gasteiger partial charge < -0.3 is 9.83 Å². The van der Waals surface area contributed by atoms with Gasteiger partial charge in [0.15, 0.2) is 0 Å². The second-order valence-electron chi connectivity index (χ2n) is 2.27. The molecule has 56 valence electrons. The van der Waals surface area contributed by atoms with Crippen molar-refractivity contribution in [3.05, 3.63) is 35.2 Å². The summed E-state index contributed by atoms with van der Waals surface area (Å²) in [4.78, 5) is 0. The molecule has 1 heterocycles. The average Bonchev–Trinajstić information content (AvgIpc) is 2.06. The van der Waals surface area contributed by atoms with Crippen LogP contribution in [0.5, 0.6) is 0 Å². The summed E-state index contributed by atoms with van der Waals surface area (Å²) in [7, 11) is 0. The molecule has 0 radical (unpaired) electrons. The van der Waals surface area contributed by atoms with E-state index >= 15 is 0 Å². The van der Waals surface area contributed by atoms with Gasteiger partial charge in [-0.3, -0.25) is 0 Å². The molecule has 0 amide bonds. The zero-order valence-corrected chi connectivity index (χ0v) is 6.56. The minimum atomic E-state index is 0.337. The van der Waals surface area contributed by atoms with Gasteiger partial charge in [-0.1, -0.05) is 12.1 Å². The predicted molar refractivity (Wildman–Crippen MR) is 48.3 cm³/mol. The van der Waals surface area contributed by atoms with Gasteiger partial charge in [-0.2, -0.15) is 0 Å². The van der Waals surface area contributed by atoms with Gasteiger partial charge in [-0.15, -0.1) is 0 Å². The van der Waals surface area contributed by atoms with E-state index in [9.17, 15) is 5.11 Å². The van der Waals surface area contributed by atoms with Crippen molar-refractivity contribution in [1.29, 1.82) is 0 Å². The van der Waals surface area contributed by atoms with Crippen LogP contribution >= 0.6 is 11.9 Å². The summed E-state index contributed by atoms with van der Waals surface area (Å²) in [6.07, 6.45) is 0. The van der Waals surface area contributed by atoms with Crippen molar-refractivity contribution < 1.29 is 5.11 Å². The van der Waals surface area contributed by atoms with E-state index in [0.717, 1.165) is 11.3 Å². The second-order valence-corrected chi connectivity index (χ2v) is 2.94. The van der Waals surface area contributed by atoms with Crippen LogP contribution in [0.3, 0.4) is 0 Å². The van der Waals surface area contributed by atoms with E-state index in [-0.39, 0.29) is 0 Å². The second kappa shape index (κ2) is 2.51. The van der Waals surface area contributed by atoms with Crippen LogP contribution in [0.1, 0.15) is 5.56 Å². The lowest BCUT2D eigenvalue weighted by atomic mass is 10.1. The molecule has 11 heavy (non-hydrogen) atoms. The fourth-order valence-corrected chi connectivity index (χ4v) is 1.61. The standard InChI is InChI=1S/C8H7NOS/c10-8-5-11-9-7-4-2-1-3-6(7)8/h1-5,9-10H. The molecule has 3 heteroatoms. The summed E-state index contributed by atoms with van der Waals surface area (Å²) in [6, 6.07) is 7.66. The lowest BCUT2D eigenvalue weighted by Gasteiger charge is -2.13. The Morgan fingerprint density at radius 1 is 1.27 bits per heavy atom. The molecule has 0 fully saturated rings. The zero-order valence-electron chi connectivity index (χ0n) is 5.74.